The van der Waals surface area contributed by atoms with Gasteiger partial charge in [-0.3, -0.25) is 9.59 Å². The second kappa shape index (κ2) is 10.5. The molecule has 3 rings (SSSR count). The molecule has 0 aliphatic carbocycles. The molecule has 0 unspecified atom stereocenters. The summed E-state index contributed by atoms with van der Waals surface area (Å²) in [6, 6.07) is 8.27. The summed E-state index contributed by atoms with van der Waals surface area (Å²) in [5.41, 5.74) is 0.886. The van der Waals surface area contributed by atoms with Crippen LogP contribution in [0.15, 0.2) is 30.3 Å². The van der Waals surface area contributed by atoms with Crippen LogP contribution < -0.4 is 18.9 Å². The highest BCUT2D eigenvalue weighted by Crippen LogP contribution is 2.36. The number of hydrogen-bond acceptors (Lipinski definition) is 6. The molecule has 0 atom stereocenters. The highest BCUT2D eigenvalue weighted by molar-refractivity contribution is 6.32. The van der Waals surface area contributed by atoms with E-state index in [1.807, 2.05) is 6.92 Å². The molecule has 2 aromatic rings. The lowest BCUT2D eigenvalue weighted by Gasteiger charge is -2.35. The molecular weight excluding hydrogens is 436 g/mol. The summed E-state index contributed by atoms with van der Waals surface area (Å²) in [4.78, 5) is 29.4. The lowest BCUT2D eigenvalue weighted by atomic mass is 10.1. The summed E-state index contributed by atoms with van der Waals surface area (Å²) in [6.07, 6.45) is 0. The lowest BCUT2D eigenvalue weighted by molar-refractivity contribution is 0.0535. The van der Waals surface area contributed by atoms with Gasteiger partial charge in [-0.05, 0) is 31.2 Å². The Morgan fingerprint density at radius 1 is 0.812 bits per heavy atom. The quantitative estimate of drug-likeness (QED) is 0.628. The summed E-state index contributed by atoms with van der Waals surface area (Å²) in [5, 5.41) is 0.315. The molecule has 1 aliphatic heterocycles. The summed E-state index contributed by atoms with van der Waals surface area (Å²) >= 11 is 6.31. The number of amides is 2. The SMILES string of the molecule is CCOc1c(Cl)cc(C(=O)N2CCN(C(=O)c3cc(OC)cc(OC)c3)CC2)cc1OC. The molecule has 1 fully saturated rings. The molecule has 0 N–H and O–H groups in total. The first-order valence-corrected chi connectivity index (χ1v) is 10.6. The minimum atomic E-state index is -0.177. The van der Waals surface area contributed by atoms with E-state index in [-0.39, 0.29) is 11.8 Å². The van der Waals surface area contributed by atoms with Crippen molar-refractivity contribution in [2.75, 3.05) is 54.1 Å². The standard InChI is InChI=1S/C23H27ClN2O6/c1-5-32-21-19(24)12-16(13-20(21)31-4)23(28)26-8-6-25(7-9-26)22(27)15-10-17(29-2)14-18(11-15)30-3/h10-14H,5-9H2,1-4H3. The molecule has 0 bridgehead atoms. The average molecular weight is 463 g/mol. The largest absolute Gasteiger partial charge is 0.497 e. The Morgan fingerprint density at radius 3 is 1.75 bits per heavy atom. The number of carbonyl (C=O) groups excluding carboxylic acids is 2. The number of rotatable bonds is 7. The van der Waals surface area contributed by atoms with E-state index in [0.717, 1.165) is 0 Å². The van der Waals surface area contributed by atoms with Gasteiger partial charge in [-0.15, -0.1) is 0 Å². The van der Waals surface area contributed by atoms with Crippen LogP contribution in [0.4, 0.5) is 0 Å². The maximum absolute atomic E-state index is 13.0. The van der Waals surface area contributed by atoms with E-state index < -0.39 is 0 Å². The molecule has 32 heavy (non-hydrogen) atoms. The summed E-state index contributed by atoms with van der Waals surface area (Å²) in [5.74, 6) is 1.59. The molecule has 9 heteroatoms. The fourth-order valence-corrected chi connectivity index (χ4v) is 3.80. The van der Waals surface area contributed by atoms with E-state index in [4.69, 9.17) is 30.5 Å². The summed E-state index contributed by atoms with van der Waals surface area (Å²) < 4.78 is 21.4. The van der Waals surface area contributed by atoms with Crippen LogP contribution in [0.25, 0.3) is 0 Å². The normalized spacial score (nSPS) is 13.5. The van der Waals surface area contributed by atoms with Crippen molar-refractivity contribution < 1.29 is 28.5 Å². The van der Waals surface area contributed by atoms with Gasteiger partial charge in [0, 0.05) is 43.4 Å². The van der Waals surface area contributed by atoms with Crippen LogP contribution in [0.2, 0.25) is 5.02 Å². The monoisotopic (exact) mass is 462 g/mol. The van der Waals surface area contributed by atoms with Gasteiger partial charge in [-0.25, -0.2) is 0 Å². The van der Waals surface area contributed by atoms with E-state index in [1.165, 1.54) is 21.3 Å². The molecular formula is C23H27ClN2O6. The van der Waals surface area contributed by atoms with Crippen molar-refractivity contribution in [2.45, 2.75) is 6.92 Å². The zero-order valence-electron chi connectivity index (χ0n) is 18.6. The van der Waals surface area contributed by atoms with E-state index >= 15 is 0 Å². The van der Waals surface area contributed by atoms with Gasteiger partial charge in [0.1, 0.15) is 11.5 Å². The van der Waals surface area contributed by atoms with Crippen molar-refractivity contribution in [1.82, 2.24) is 9.80 Å². The topological polar surface area (TPSA) is 77.5 Å². The fourth-order valence-electron chi connectivity index (χ4n) is 3.54. The van der Waals surface area contributed by atoms with Crippen LogP contribution in [0.3, 0.4) is 0 Å². The zero-order valence-corrected chi connectivity index (χ0v) is 19.4. The zero-order chi connectivity index (χ0) is 23.3. The third-order valence-corrected chi connectivity index (χ3v) is 5.50. The lowest BCUT2D eigenvalue weighted by Crippen LogP contribution is -2.50. The number of nitrogens with zero attached hydrogens (tertiary/aromatic N) is 2. The van der Waals surface area contributed by atoms with E-state index in [9.17, 15) is 9.59 Å². The van der Waals surface area contributed by atoms with Gasteiger partial charge in [0.05, 0.1) is 33.0 Å². The van der Waals surface area contributed by atoms with Gasteiger partial charge in [-0.1, -0.05) is 11.6 Å². The Hall–Kier alpha value is -3.13. The van der Waals surface area contributed by atoms with Gasteiger partial charge in [0.2, 0.25) is 0 Å². The van der Waals surface area contributed by atoms with Gasteiger partial charge < -0.3 is 28.7 Å². The smallest absolute Gasteiger partial charge is 0.254 e. The number of halogens is 1. The number of carbonyl (C=O) groups is 2. The van der Waals surface area contributed by atoms with E-state index in [0.29, 0.717) is 71.9 Å². The fraction of sp³-hybridized carbons (Fsp3) is 0.391. The van der Waals surface area contributed by atoms with Gasteiger partial charge in [0.25, 0.3) is 11.8 Å². The van der Waals surface area contributed by atoms with Crippen LogP contribution in [0.5, 0.6) is 23.0 Å². The molecule has 0 spiro atoms. The maximum atomic E-state index is 13.0. The van der Waals surface area contributed by atoms with Gasteiger partial charge >= 0.3 is 0 Å². The average Bonchev–Trinajstić information content (AvgIpc) is 2.83. The van der Waals surface area contributed by atoms with Crippen LogP contribution in [0.1, 0.15) is 27.6 Å². The van der Waals surface area contributed by atoms with Gasteiger partial charge in [0.15, 0.2) is 11.5 Å². The van der Waals surface area contributed by atoms with Crippen molar-refractivity contribution in [2.24, 2.45) is 0 Å². The van der Waals surface area contributed by atoms with Crippen molar-refractivity contribution in [3.63, 3.8) is 0 Å². The van der Waals surface area contributed by atoms with Crippen LogP contribution in [0, 0.1) is 0 Å². The summed E-state index contributed by atoms with van der Waals surface area (Å²) in [7, 11) is 4.57. The van der Waals surface area contributed by atoms with Crippen LogP contribution in [-0.2, 0) is 0 Å². The van der Waals surface area contributed by atoms with Crippen molar-refractivity contribution in [3.8, 4) is 23.0 Å². The number of hydrogen-bond donors (Lipinski definition) is 0. The van der Waals surface area contributed by atoms with Gasteiger partial charge in [-0.2, -0.15) is 0 Å². The number of ether oxygens (including phenoxy) is 4. The second-order valence-electron chi connectivity index (χ2n) is 7.11. The van der Waals surface area contributed by atoms with E-state index in [2.05, 4.69) is 0 Å². The molecule has 2 aromatic carbocycles. The number of benzene rings is 2. The first-order chi connectivity index (χ1) is 15.4. The highest BCUT2D eigenvalue weighted by Gasteiger charge is 2.27. The Balaban J connectivity index is 1.70. The highest BCUT2D eigenvalue weighted by atomic mass is 35.5. The molecule has 1 heterocycles. The molecule has 1 saturated heterocycles. The predicted octanol–water partition coefficient (Wildman–Crippen LogP) is 3.36. The molecule has 1 aliphatic rings. The predicted molar refractivity (Wildman–Crippen MR) is 121 cm³/mol. The Kier molecular flexibility index (Phi) is 7.69. The number of methoxy groups -OCH3 is 3. The Labute approximate surface area is 192 Å². The molecule has 8 nitrogen and oxygen atoms in total. The van der Waals surface area contributed by atoms with Crippen molar-refractivity contribution in [3.05, 3.63) is 46.5 Å². The minimum Gasteiger partial charge on any atom is -0.497 e. The third-order valence-electron chi connectivity index (χ3n) is 5.22. The maximum Gasteiger partial charge on any atom is 0.254 e. The van der Waals surface area contributed by atoms with Crippen molar-refractivity contribution >= 4 is 23.4 Å². The number of piperazine rings is 1. The third kappa shape index (κ3) is 5.02. The van der Waals surface area contributed by atoms with Crippen molar-refractivity contribution in [1.29, 1.82) is 0 Å². The summed E-state index contributed by atoms with van der Waals surface area (Å²) in [6.45, 7) is 3.89. The minimum absolute atomic E-state index is 0.139. The molecule has 0 saturated carbocycles. The molecule has 0 aromatic heterocycles. The Bertz CT molecular complexity index is 966. The molecule has 0 radical (unpaired) electrons. The second-order valence-corrected chi connectivity index (χ2v) is 7.52. The first kappa shape index (κ1) is 23.5. The van der Waals surface area contributed by atoms with Crippen LogP contribution >= 0.6 is 11.6 Å². The first-order valence-electron chi connectivity index (χ1n) is 10.2. The molecule has 2 amide bonds. The molecule has 172 valence electrons. The van der Waals surface area contributed by atoms with Crippen LogP contribution in [-0.4, -0.2) is 75.7 Å². The Morgan fingerprint density at radius 2 is 1.31 bits per heavy atom. The van der Waals surface area contributed by atoms with E-state index in [1.54, 1.807) is 40.1 Å².